The molecule has 1 atom stereocenters. The third-order valence-electron chi connectivity index (χ3n) is 4.87. The van der Waals surface area contributed by atoms with Crippen LogP contribution >= 0.6 is 0 Å². The molecule has 1 aliphatic heterocycles. The molecule has 32 heavy (non-hydrogen) atoms. The summed E-state index contributed by atoms with van der Waals surface area (Å²) in [4.78, 5) is 27.7. The van der Waals surface area contributed by atoms with E-state index in [0.29, 0.717) is 51.6 Å². The van der Waals surface area contributed by atoms with Gasteiger partial charge in [-0.3, -0.25) is 4.79 Å². The minimum absolute atomic E-state index is 0.0710. The molecule has 2 amide bonds. The fourth-order valence-electron chi connectivity index (χ4n) is 3.18. The number of ether oxygens (including phenoxy) is 3. The van der Waals surface area contributed by atoms with Gasteiger partial charge < -0.3 is 29.3 Å². The average molecular weight is 452 g/mol. The Hall–Kier alpha value is -2.65. The predicted molar refractivity (Wildman–Crippen MR) is 119 cm³/mol. The average Bonchev–Trinajstić information content (AvgIpc) is 3.21. The number of halogens is 1. The topological polar surface area (TPSA) is 80.3 Å². The predicted octanol–water partition coefficient (Wildman–Crippen LogP) is 2.23. The first-order valence-electron chi connectivity index (χ1n) is 10.9. The Morgan fingerprint density at radius 3 is 2.84 bits per heavy atom. The second kappa shape index (κ2) is 13.7. The highest BCUT2D eigenvalue weighted by molar-refractivity contribution is 5.87. The number of nitrogens with zero attached hydrogens (tertiary/aromatic N) is 2. The Morgan fingerprint density at radius 1 is 1.28 bits per heavy atom. The second-order valence-electron chi connectivity index (χ2n) is 7.76. The van der Waals surface area contributed by atoms with E-state index in [1.807, 2.05) is 32.0 Å². The minimum atomic E-state index is -0.528. The van der Waals surface area contributed by atoms with Crippen molar-refractivity contribution in [3.8, 4) is 5.75 Å². The number of nitrogens with one attached hydrogen (secondary N) is 1. The molecule has 1 aromatic rings. The number of carbonyl (C=O) groups is 2. The first-order valence-corrected chi connectivity index (χ1v) is 10.9. The normalized spacial score (nSPS) is 16.0. The first-order chi connectivity index (χ1) is 15.4. The summed E-state index contributed by atoms with van der Waals surface area (Å²) in [5, 5.41) is 2.64. The van der Waals surface area contributed by atoms with Crippen LogP contribution in [-0.4, -0.2) is 88.0 Å². The van der Waals surface area contributed by atoms with Gasteiger partial charge >= 0.3 is 6.09 Å². The van der Waals surface area contributed by atoms with E-state index >= 15 is 0 Å². The van der Waals surface area contributed by atoms with Crippen molar-refractivity contribution in [3.63, 3.8) is 0 Å². The molecule has 0 aromatic heterocycles. The molecule has 178 valence electrons. The first kappa shape index (κ1) is 25.6. The molecule has 8 nitrogen and oxygen atoms in total. The van der Waals surface area contributed by atoms with Crippen molar-refractivity contribution in [2.75, 3.05) is 60.1 Å². The Kier molecular flexibility index (Phi) is 11.0. The van der Waals surface area contributed by atoms with Crippen LogP contribution in [0, 0.1) is 5.82 Å². The van der Waals surface area contributed by atoms with Gasteiger partial charge in [0.05, 0.1) is 19.8 Å². The maximum absolute atomic E-state index is 13.3. The molecule has 1 saturated heterocycles. The quantitative estimate of drug-likeness (QED) is 0.388. The highest BCUT2D eigenvalue weighted by atomic mass is 19.1. The summed E-state index contributed by atoms with van der Waals surface area (Å²) in [7, 11) is 3.86. The van der Waals surface area contributed by atoms with Crippen molar-refractivity contribution < 1.29 is 28.2 Å². The van der Waals surface area contributed by atoms with E-state index in [9.17, 15) is 14.0 Å². The maximum Gasteiger partial charge on any atom is 0.407 e. The zero-order chi connectivity index (χ0) is 23.3. The van der Waals surface area contributed by atoms with E-state index in [1.54, 1.807) is 17.0 Å². The number of amides is 2. The Labute approximate surface area is 189 Å². The fraction of sp³-hybridized carbons (Fsp3) is 0.565. The number of benzene rings is 1. The number of aryl methyl sites for hydroxylation is 1. The highest BCUT2D eigenvalue weighted by Gasteiger charge is 2.27. The van der Waals surface area contributed by atoms with E-state index in [2.05, 4.69) is 5.32 Å². The SMILES string of the molecule is CCc1ccc(F)cc1OCCOCCNC(=O)OC1CCN(C(=O)/C=C/CN(C)C)C1. The molecule has 2 rings (SSSR count). The minimum Gasteiger partial charge on any atom is -0.491 e. The molecule has 1 aromatic carbocycles. The number of hydrogen-bond donors (Lipinski definition) is 1. The molecule has 0 bridgehead atoms. The van der Waals surface area contributed by atoms with Gasteiger partial charge in [0, 0.05) is 38.2 Å². The molecular formula is C23H34FN3O5. The summed E-state index contributed by atoms with van der Waals surface area (Å²) >= 11 is 0. The molecule has 1 aliphatic rings. The van der Waals surface area contributed by atoms with Crippen LogP contribution in [0.15, 0.2) is 30.4 Å². The number of rotatable bonds is 12. The van der Waals surface area contributed by atoms with E-state index < -0.39 is 6.09 Å². The van der Waals surface area contributed by atoms with Gasteiger partial charge in [0.15, 0.2) is 0 Å². The van der Waals surface area contributed by atoms with Crippen LogP contribution in [0.1, 0.15) is 18.9 Å². The summed E-state index contributed by atoms with van der Waals surface area (Å²) in [5.41, 5.74) is 0.938. The molecule has 1 heterocycles. The summed E-state index contributed by atoms with van der Waals surface area (Å²) in [6, 6.07) is 4.49. The standard InChI is InChI=1S/C23H34FN3O5/c1-4-18-7-8-19(24)16-21(18)31-15-14-30-13-10-25-23(29)32-20-9-12-27(17-20)22(28)6-5-11-26(2)3/h5-8,16,20H,4,9-15,17H2,1-3H3,(H,25,29)/b6-5+. The number of alkyl carbamates (subject to hydrolysis) is 1. The van der Waals surface area contributed by atoms with Crippen molar-refractivity contribution in [3.05, 3.63) is 41.7 Å². The zero-order valence-electron chi connectivity index (χ0n) is 19.1. The smallest absolute Gasteiger partial charge is 0.407 e. The summed E-state index contributed by atoms with van der Waals surface area (Å²) in [6.07, 6.45) is 3.90. The van der Waals surface area contributed by atoms with E-state index in [-0.39, 0.29) is 24.4 Å². The van der Waals surface area contributed by atoms with Crippen LogP contribution in [0.3, 0.4) is 0 Å². The van der Waals surface area contributed by atoms with Gasteiger partial charge in [0.2, 0.25) is 5.91 Å². The zero-order valence-corrected chi connectivity index (χ0v) is 19.1. The molecule has 0 spiro atoms. The maximum atomic E-state index is 13.3. The molecule has 0 aliphatic carbocycles. The van der Waals surface area contributed by atoms with Crippen LogP contribution in [-0.2, 0) is 20.7 Å². The third-order valence-corrected chi connectivity index (χ3v) is 4.87. The molecule has 0 saturated carbocycles. The Bertz CT molecular complexity index is 772. The van der Waals surface area contributed by atoms with E-state index in [1.165, 1.54) is 12.1 Å². The second-order valence-corrected chi connectivity index (χ2v) is 7.76. The lowest BCUT2D eigenvalue weighted by Gasteiger charge is -2.15. The highest BCUT2D eigenvalue weighted by Crippen LogP contribution is 2.20. The summed E-state index contributed by atoms with van der Waals surface area (Å²) in [5.74, 6) is 0.115. The van der Waals surface area contributed by atoms with Crippen molar-refractivity contribution in [2.45, 2.75) is 25.9 Å². The van der Waals surface area contributed by atoms with Crippen LogP contribution in [0.4, 0.5) is 9.18 Å². The lowest BCUT2D eigenvalue weighted by Crippen LogP contribution is -2.34. The van der Waals surface area contributed by atoms with Crippen molar-refractivity contribution in [1.82, 2.24) is 15.1 Å². The number of carbonyl (C=O) groups excluding carboxylic acids is 2. The fourth-order valence-corrected chi connectivity index (χ4v) is 3.18. The molecule has 0 radical (unpaired) electrons. The van der Waals surface area contributed by atoms with Gasteiger partial charge in [0.25, 0.3) is 0 Å². The van der Waals surface area contributed by atoms with Crippen molar-refractivity contribution in [2.24, 2.45) is 0 Å². The molecule has 1 N–H and O–H groups in total. The monoisotopic (exact) mass is 451 g/mol. The van der Waals surface area contributed by atoms with Crippen LogP contribution in [0.25, 0.3) is 0 Å². The number of hydrogen-bond acceptors (Lipinski definition) is 6. The van der Waals surface area contributed by atoms with Crippen LogP contribution in [0.2, 0.25) is 0 Å². The largest absolute Gasteiger partial charge is 0.491 e. The van der Waals surface area contributed by atoms with Gasteiger partial charge in [-0.15, -0.1) is 0 Å². The number of likely N-dealkylation sites (tertiary alicyclic amines) is 1. The summed E-state index contributed by atoms with van der Waals surface area (Å²) in [6.45, 7) is 4.83. The molecular weight excluding hydrogens is 417 g/mol. The molecule has 9 heteroatoms. The van der Waals surface area contributed by atoms with Gasteiger partial charge in [-0.1, -0.05) is 19.1 Å². The molecule has 1 fully saturated rings. The van der Waals surface area contributed by atoms with Gasteiger partial charge in [-0.05, 0) is 32.1 Å². The number of likely N-dealkylation sites (N-methyl/N-ethyl adjacent to an activating group) is 1. The van der Waals surface area contributed by atoms with Crippen LogP contribution in [0.5, 0.6) is 5.75 Å². The molecule has 1 unspecified atom stereocenters. The summed E-state index contributed by atoms with van der Waals surface area (Å²) < 4.78 is 29.7. The van der Waals surface area contributed by atoms with Crippen molar-refractivity contribution >= 4 is 12.0 Å². The van der Waals surface area contributed by atoms with Gasteiger partial charge in [-0.2, -0.15) is 0 Å². The van der Waals surface area contributed by atoms with E-state index in [0.717, 1.165) is 12.0 Å². The third kappa shape index (κ3) is 9.23. The lowest BCUT2D eigenvalue weighted by atomic mass is 10.1. The van der Waals surface area contributed by atoms with Crippen molar-refractivity contribution in [1.29, 1.82) is 0 Å². The van der Waals surface area contributed by atoms with Gasteiger partial charge in [0.1, 0.15) is 24.3 Å². The lowest BCUT2D eigenvalue weighted by molar-refractivity contribution is -0.125. The van der Waals surface area contributed by atoms with Gasteiger partial charge in [-0.25, -0.2) is 9.18 Å². The van der Waals surface area contributed by atoms with E-state index in [4.69, 9.17) is 14.2 Å². The van der Waals surface area contributed by atoms with Crippen LogP contribution < -0.4 is 10.1 Å². The Morgan fingerprint density at radius 2 is 2.09 bits per heavy atom. The Balaban J connectivity index is 1.54.